The molecule has 2 rings (SSSR count). The van der Waals surface area contributed by atoms with Crippen molar-refractivity contribution in [2.75, 3.05) is 14.2 Å². The summed E-state index contributed by atoms with van der Waals surface area (Å²) in [7, 11) is 2.94. The van der Waals surface area contributed by atoms with Crippen LogP contribution in [0.15, 0.2) is 53.8 Å². The lowest BCUT2D eigenvalue weighted by Gasteiger charge is -2.11. The van der Waals surface area contributed by atoms with E-state index in [0.29, 0.717) is 11.4 Å². The number of hydrogen-bond acceptors (Lipinski definition) is 5. The molecule has 2 aromatic rings. The van der Waals surface area contributed by atoms with Crippen LogP contribution in [-0.2, 0) is 16.2 Å². The molecule has 0 aliphatic carbocycles. The molecule has 6 nitrogen and oxygen atoms in total. The molecular formula is C16H17N3O3. The van der Waals surface area contributed by atoms with Gasteiger partial charge in [0.25, 0.3) is 5.91 Å². The average molecular weight is 299 g/mol. The highest BCUT2D eigenvalue weighted by Gasteiger charge is 2.17. The predicted octanol–water partition coefficient (Wildman–Crippen LogP) is 1.76. The molecule has 0 aliphatic rings. The van der Waals surface area contributed by atoms with E-state index in [1.165, 1.54) is 7.11 Å². The largest absolute Gasteiger partial charge is 0.473 e. The van der Waals surface area contributed by atoms with Crippen molar-refractivity contribution in [1.29, 1.82) is 0 Å². The number of hydrogen-bond donors (Lipinski definition) is 1. The van der Waals surface area contributed by atoms with Crippen molar-refractivity contribution < 1.29 is 14.4 Å². The van der Waals surface area contributed by atoms with Crippen molar-refractivity contribution in [1.82, 2.24) is 10.3 Å². The van der Waals surface area contributed by atoms with E-state index in [0.717, 1.165) is 5.56 Å². The molecule has 1 aromatic carbocycles. The number of likely N-dealkylation sites (N-methyl/N-ethyl adjacent to an activating group) is 1. The van der Waals surface area contributed by atoms with Crippen LogP contribution < -0.4 is 10.1 Å². The molecule has 1 amide bonds. The molecule has 1 aromatic heterocycles. The van der Waals surface area contributed by atoms with Crippen molar-refractivity contribution in [3.8, 4) is 5.88 Å². The van der Waals surface area contributed by atoms with Crippen LogP contribution in [0.2, 0.25) is 0 Å². The van der Waals surface area contributed by atoms with Crippen molar-refractivity contribution in [3.63, 3.8) is 0 Å². The van der Waals surface area contributed by atoms with Crippen LogP contribution >= 0.6 is 0 Å². The number of pyridine rings is 1. The van der Waals surface area contributed by atoms with Gasteiger partial charge in [-0.05, 0) is 11.6 Å². The third kappa shape index (κ3) is 3.82. The molecule has 1 N–H and O–H groups in total. The minimum atomic E-state index is -0.327. The smallest absolute Gasteiger partial charge is 0.273 e. The van der Waals surface area contributed by atoms with Gasteiger partial charge in [0, 0.05) is 24.9 Å². The molecule has 0 bridgehead atoms. The summed E-state index contributed by atoms with van der Waals surface area (Å²) < 4.78 is 5.64. The fourth-order valence-corrected chi connectivity index (χ4v) is 1.88. The highest BCUT2D eigenvalue weighted by atomic mass is 16.6. The van der Waals surface area contributed by atoms with Crippen LogP contribution in [0, 0.1) is 0 Å². The van der Waals surface area contributed by atoms with E-state index in [1.54, 1.807) is 25.4 Å². The normalized spacial score (nSPS) is 10.9. The van der Waals surface area contributed by atoms with E-state index in [2.05, 4.69) is 15.5 Å². The highest BCUT2D eigenvalue weighted by molar-refractivity contribution is 6.45. The number of oxime groups is 1. The molecule has 0 atom stereocenters. The van der Waals surface area contributed by atoms with Crippen LogP contribution in [0.1, 0.15) is 11.1 Å². The van der Waals surface area contributed by atoms with Crippen LogP contribution in [-0.4, -0.2) is 30.8 Å². The Labute approximate surface area is 128 Å². The second-order valence-electron chi connectivity index (χ2n) is 4.32. The number of aromatic nitrogens is 1. The molecular weight excluding hydrogens is 282 g/mol. The van der Waals surface area contributed by atoms with Gasteiger partial charge in [-0.1, -0.05) is 35.5 Å². The van der Waals surface area contributed by atoms with Gasteiger partial charge in [-0.25, -0.2) is 4.98 Å². The molecule has 0 spiro atoms. The van der Waals surface area contributed by atoms with E-state index >= 15 is 0 Å². The molecule has 1 heterocycles. The van der Waals surface area contributed by atoms with Crippen LogP contribution in [0.25, 0.3) is 0 Å². The first kappa shape index (κ1) is 15.5. The van der Waals surface area contributed by atoms with Gasteiger partial charge < -0.3 is 14.9 Å². The zero-order valence-electron chi connectivity index (χ0n) is 12.4. The minimum absolute atomic E-state index is 0.199. The zero-order valence-corrected chi connectivity index (χ0v) is 12.4. The van der Waals surface area contributed by atoms with E-state index in [4.69, 9.17) is 9.57 Å². The maximum Gasteiger partial charge on any atom is 0.273 e. The van der Waals surface area contributed by atoms with Gasteiger partial charge in [0.05, 0.1) is 0 Å². The second-order valence-corrected chi connectivity index (χ2v) is 4.32. The molecule has 0 radical (unpaired) electrons. The summed E-state index contributed by atoms with van der Waals surface area (Å²) in [5, 5.41) is 6.36. The van der Waals surface area contributed by atoms with Gasteiger partial charge in [0.2, 0.25) is 5.88 Å². The predicted molar refractivity (Wildman–Crippen MR) is 82.6 cm³/mol. The van der Waals surface area contributed by atoms with Gasteiger partial charge in [0.15, 0.2) is 5.71 Å². The van der Waals surface area contributed by atoms with E-state index in [9.17, 15) is 4.79 Å². The molecule has 0 unspecified atom stereocenters. The molecule has 0 saturated heterocycles. The molecule has 22 heavy (non-hydrogen) atoms. The Bertz CT molecular complexity index is 657. The summed E-state index contributed by atoms with van der Waals surface area (Å²) in [5.41, 5.74) is 1.66. The quantitative estimate of drug-likeness (QED) is 0.651. The number of carbonyl (C=O) groups excluding carboxylic acids is 1. The first-order valence-corrected chi connectivity index (χ1v) is 6.71. The lowest BCUT2D eigenvalue weighted by atomic mass is 10.0. The number of nitrogens with one attached hydrogen (secondary N) is 1. The molecule has 0 saturated carbocycles. The third-order valence-electron chi connectivity index (χ3n) is 2.91. The monoisotopic (exact) mass is 299 g/mol. The average Bonchev–Trinajstić information content (AvgIpc) is 2.58. The summed E-state index contributed by atoms with van der Waals surface area (Å²) in [6, 6.07) is 12.8. The third-order valence-corrected chi connectivity index (χ3v) is 2.91. The molecule has 0 fully saturated rings. The van der Waals surface area contributed by atoms with Gasteiger partial charge in [-0.2, -0.15) is 0 Å². The van der Waals surface area contributed by atoms with Crippen LogP contribution in [0.4, 0.5) is 0 Å². The molecule has 6 heteroatoms. The van der Waals surface area contributed by atoms with Crippen LogP contribution in [0.5, 0.6) is 5.88 Å². The SMILES string of the molecule is CNC(=O)/C(=N/OC)c1ccccc1COc1ccccn1. The summed E-state index contributed by atoms with van der Waals surface area (Å²) in [6.45, 7) is 0.271. The van der Waals surface area contributed by atoms with Crippen molar-refractivity contribution in [2.45, 2.75) is 6.61 Å². The summed E-state index contributed by atoms with van der Waals surface area (Å²) >= 11 is 0. The number of amides is 1. The van der Waals surface area contributed by atoms with E-state index in [1.807, 2.05) is 30.3 Å². The zero-order chi connectivity index (χ0) is 15.8. The van der Waals surface area contributed by atoms with Crippen molar-refractivity contribution in [2.24, 2.45) is 5.16 Å². The van der Waals surface area contributed by atoms with Crippen molar-refractivity contribution in [3.05, 3.63) is 59.8 Å². The summed E-state index contributed by atoms with van der Waals surface area (Å²) in [6.07, 6.45) is 1.66. The molecule has 114 valence electrons. The van der Waals surface area contributed by atoms with Gasteiger partial charge in [-0.3, -0.25) is 4.79 Å². The van der Waals surface area contributed by atoms with E-state index < -0.39 is 0 Å². The second kappa shape index (κ2) is 7.78. The van der Waals surface area contributed by atoms with Crippen LogP contribution in [0.3, 0.4) is 0 Å². The Morgan fingerprint density at radius 3 is 2.68 bits per heavy atom. The Morgan fingerprint density at radius 2 is 2.00 bits per heavy atom. The Balaban J connectivity index is 2.26. The highest BCUT2D eigenvalue weighted by Crippen LogP contribution is 2.14. The summed E-state index contributed by atoms with van der Waals surface area (Å²) in [5.74, 6) is 0.189. The molecule has 0 aliphatic heterocycles. The first-order valence-electron chi connectivity index (χ1n) is 6.71. The fourth-order valence-electron chi connectivity index (χ4n) is 1.88. The number of ether oxygens (including phenoxy) is 1. The van der Waals surface area contributed by atoms with E-state index in [-0.39, 0.29) is 18.2 Å². The van der Waals surface area contributed by atoms with Gasteiger partial charge in [0.1, 0.15) is 13.7 Å². The van der Waals surface area contributed by atoms with Gasteiger partial charge >= 0.3 is 0 Å². The maximum atomic E-state index is 12.0. The Hall–Kier alpha value is -2.89. The number of nitrogens with zero attached hydrogens (tertiary/aromatic N) is 2. The topological polar surface area (TPSA) is 72.8 Å². The lowest BCUT2D eigenvalue weighted by molar-refractivity contribution is -0.114. The standard InChI is InChI=1S/C16H17N3O3/c1-17-16(20)15(19-21-2)13-8-4-3-7-12(13)11-22-14-9-5-6-10-18-14/h3-10H,11H2,1-2H3,(H,17,20)/b19-15+. The fraction of sp³-hybridized carbons (Fsp3) is 0.188. The Kier molecular flexibility index (Phi) is 5.48. The first-order chi connectivity index (χ1) is 10.8. The summed E-state index contributed by atoms with van der Waals surface area (Å²) in [4.78, 5) is 20.8. The minimum Gasteiger partial charge on any atom is -0.473 e. The maximum absolute atomic E-state index is 12.0. The van der Waals surface area contributed by atoms with Gasteiger partial charge in [-0.15, -0.1) is 0 Å². The number of carbonyl (C=O) groups is 1. The van der Waals surface area contributed by atoms with Crippen molar-refractivity contribution >= 4 is 11.6 Å². The Morgan fingerprint density at radius 1 is 1.23 bits per heavy atom. The number of rotatable bonds is 6. The lowest BCUT2D eigenvalue weighted by Crippen LogP contribution is -2.29. The number of benzene rings is 1.